The Labute approximate surface area is 162 Å². The van der Waals surface area contributed by atoms with Crippen molar-refractivity contribution in [2.24, 2.45) is 15.9 Å². The van der Waals surface area contributed by atoms with Crippen LogP contribution < -0.4 is 5.73 Å². The molecular weight excluding hydrogens is 360 g/mol. The number of nitrogens with two attached hydrogens (primary N) is 1. The summed E-state index contributed by atoms with van der Waals surface area (Å²) in [6.45, 7) is 2.11. The Hall–Kier alpha value is -2.93. The molecule has 0 spiro atoms. The first-order valence-corrected chi connectivity index (χ1v) is 9.40. The second kappa shape index (κ2) is 8.64. The lowest BCUT2D eigenvalue weighted by atomic mass is 10.1. The number of hydrogen-bond donors (Lipinski definition) is 1. The SMILES string of the molecule is C/C(=N/N=C(N)S[C@H]1CC(=O)N(Cc2ccccc2)C1=O)c1ccccc1. The van der Waals surface area contributed by atoms with Gasteiger partial charge >= 0.3 is 0 Å². The predicted molar refractivity (Wildman–Crippen MR) is 108 cm³/mol. The third-order valence-corrected chi connectivity index (χ3v) is 5.12. The van der Waals surface area contributed by atoms with E-state index in [1.165, 1.54) is 4.90 Å². The molecule has 2 amide bonds. The van der Waals surface area contributed by atoms with Gasteiger partial charge in [0.15, 0.2) is 5.17 Å². The summed E-state index contributed by atoms with van der Waals surface area (Å²) < 4.78 is 0. The Balaban J connectivity index is 1.63. The molecule has 0 unspecified atom stereocenters. The number of carbonyl (C=O) groups is 2. The van der Waals surface area contributed by atoms with Gasteiger partial charge in [0, 0.05) is 6.42 Å². The van der Waals surface area contributed by atoms with E-state index in [2.05, 4.69) is 10.2 Å². The monoisotopic (exact) mass is 380 g/mol. The molecule has 2 N–H and O–H groups in total. The molecule has 2 aromatic carbocycles. The number of benzene rings is 2. The molecule has 138 valence electrons. The number of imide groups is 1. The van der Waals surface area contributed by atoms with Crippen LogP contribution in [0.15, 0.2) is 70.9 Å². The zero-order valence-electron chi connectivity index (χ0n) is 14.9. The number of carbonyl (C=O) groups excluding carboxylic acids is 2. The Morgan fingerprint density at radius 2 is 1.70 bits per heavy atom. The molecule has 1 fully saturated rings. The molecule has 3 rings (SSSR count). The Morgan fingerprint density at radius 1 is 1.07 bits per heavy atom. The average molecular weight is 380 g/mol. The van der Waals surface area contributed by atoms with E-state index in [0.29, 0.717) is 0 Å². The van der Waals surface area contributed by atoms with Crippen LogP contribution in [0.25, 0.3) is 0 Å². The van der Waals surface area contributed by atoms with Gasteiger partial charge in [0.2, 0.25) is 11.8 Å². The van der Waals surface area contributed by atoms with Crippen molar-refractivity contribution in [3.63, 3.8) is 0 Å². The smallest absolute Gasteiger partial charge is 0.243 e. The minimum absolute atomic E-state index is 0.119. The number of thioether (sulfide) groups is 1. The highest BCUT2D eigenvalue weighted by atomic mass is 32.2. The Morgan fingerprint density at radius 3 is 2.37 bits per heavy atom. The lowest BCUT2D eigenvalue weighted by Crippen LogP contribution is -2.31. The third-order valence-electron chi connectivity index (χ3n) is 4.14. The summed E-state index contributed by atoms with van der Waals surface area (Å²) in [5.74, 6) is -0.436. The van der Waals surface area contributed by atoms with Crippen molar-refractivity contribution in [2.45, 2.75) is 25.1 Å². The number of amidine groups is 1. The van der Waals surface area contributed by atoms with Crippen molar-refractivity contribution in [3.05, 3.63) is 71.8 Å². The summed E-state index contributed by atoms with van der Waals surface area (Å²) in [6.07, 6.45) is 0.119. The molecule has 1 aliphatic rings. The van der Waals surface area contributed by atoms with E-state index >= 15 is 0 Å². The normalized spacial score (nSPS) is 18.3. The molecule has 6 nitrogen and oxygen atoms in total. The zero-order chi connectivity index (χ0) is 19.2. The van der Waals surface area contributed by atoms with Gasteiger partial charge in [-0.25, -0.2) is 0 Å². The first kappa shape index (κ1) is 18.8. The van der Waals surface area contributed by atoms with E-state index in [4.69, 9.17) is 5.73 Å². The zero-order valence-corrected chi connectivity index (χ0v) is 15.7. The number of hydrogen-bond acceptors (Lipinski definition) is 5. The Kier molecular flexibility index (Phi) is 6.03. The summed E-state index contributed by atoms with van der Waals surface area (Å²) in [4.78, 5) is 26.0. The van der Waals surface area contributed by atoms with Crippen molar-refractivity contribution < 1.29 is 9.59 Å². The fourth-order valence-corrected chi connectivity index (χ4v) is 3.54. The second-order valence-corrected chi connectivity index (χ2v) is 7.33. The second-order valence-electron chi connectivity index (χ2n) is 6.10. The molecule has 7 heteroatoms. The minimum atomic E-state index is -0.558. The average Bonchev–Trinajstić information content (AvgIpc) is 2.95. The lowest BCUT2D eigenvalue weighted by Gasteiger charge is -2.14. The number of rotatable bonds is 5. The fourth-order valence-electron chi connectivity index (χ4n) is 2.71. The van der Waals surface area contributed by atoms with Crippen LogP contribution in [0.2, 0.25) is 0 Å². The van der Waals surface area contributed by atoms with Crippen LogP contribution in [0.1, 0.15) is 24.5 Å². The van der Waals surface area contributed by atoms with E-state index < -0.39 is 5.25 Å². The van der Waals surface area contributed by atoms with Crippen molar-refractivity contribution in [1.82, 2.24) is 4.90 Å². The maximum atomic E-state index is 12.6. The van der Waals surface area contributed by atoms with E-state index in [-0.39, 0.29) is 29.9 Å². The van der Waals surface area contributed by atoms with Crippen LogP contribution in [0.3, 0.4) is 0 Å². The van der Waals surface area contributed by atoms with Gasteiger partial charge in [0.05, 0.1) is 12.3 Å². The summed E-state index contributed by atoms with van der Waals surface area (Å²) in [5, 5.41) is 7.72. The van der Waals surface area contributed by atoms with Crippen molar-refractivity contribution in [3.8, 4) is 0 Å². The predicted octanol–water partition coefficient (Wildman–Crippen LogP) is 2.79. The lowest BCUT2D eigenvalue weighted by molar-refractivity contribution is -0.138. The molecule has 1 aliphatic heterocycles. The van der Waals surface area contributed by atoms with Crippen LogP contribution >= 0.6 is 11.8 Å². The quantitative estimate of drug-likeness (QED) is 0.374. The number of likely N-dealkylation sites (tertiary alicyclic amines) is 1. The summed E-state index contributed by atoms with van der Waals surface area (Å²) in [6, 6.07) is 19.0. The molecule has 1 heterocycles. The standard InChI is InChI=1S/C20H20N4O2S/c1-14(16-10-6-3-7-11-16)22-23-20(21)27-17-12-18(25)24(19(17)26)13-15-8-4-2-5-9-15/h2-11,17H,12-13H2,1H3,(H2,21,23)/b22-14-/t17-/m0/s1. The van der Waals surface area contributed by atoms with Crippen LogP contribution in [0, 0.1) is 0 Å². The van der Waals surface area contributed by atoms with Gasteiger partial charge in [-0.1, -0.05) is 72.4 Å². The van der Waals surface area contributed by atoms with Crippen LogP contribution in [-0.2, 0) is 16.1 Å². The van der Waals surface area contributed by atoms with Gasteiger partial charge < -0.3 is 5.73 Å². The molecule has 0 bridgehead atoms. The Bertz CT molecular complexity index is 881. The van der Waals surface area contributed by atoms with Crippen molar-refractivity contribution in [1.29, 1.82) is 0 Å². The van der Waals surface area contributed by atoms with Crippen molar-refractivity contribution in [2.75, 3.05) is 0 Å². The highest BCUT2D eigenvalue weighted by Crippen LogP contribution is 2.26. The first-order valence-electron chi connectivity index (χ1n) is 8.52. The number of amides is 2. The highest BCUT2D eigenvalue weighted by molar-refractivity contribution is 8.14. The topological polar surface area (TPSA) is 88.1 Å². The third kappa shape index (κ3) is 4.83. The van der Waals surface area contributed by atoms with E-state index in [9.17, 15) is 9.59 Å². The molecule has 1 saturated heterocycles. The van der Waals surface area contributed by atoms with E-state index in [1.807, 2.05) is 67.6 Å². The highest BCUT2D eigenvalue weighted by Gasteiger charge is 2.39. The first-order chi connectivity index (χ1) is 13.0. The molecule has 0 aliphatic carbocycles. The summed E-state index contributed by atoms with van der Waals surface area (Å²) in [5.41, 5.74) is 8.49. The fraction of sp³-hybridized carbons (Fsp3) is 0.200. The summed E-state index contributed by atoms with van der Waals surface area (Å²) >= 11 is 1.08. The van der Waals surface area contributed by atoms with Gasteiger partial charge in [-0.2, -0.15) is 5.10 Å². The molecular formula is C20H20N4O2S. The maximum Gasteiger partial charge on any atom is 0.243 e. The van der Waals surface area contributed by atoms with E-state index in [0.717, 1.165) is 28.6 Å². The van der Waals surface area contributed by atoms with Gasteiger partial charge in [-0.05, 0) is 18.1 Å². The maximum absolute atomic E-state index is 12.6. The number of nitrogens with zero attached hydrogens (tertiary/aromatic N) is 3. The van der Waals surface area contributed by atoms with Gasteiger partial charge in [0.1, 0.15) is 5.25 Å². The largest absolute Gasteiger partial charge is 0.377 e. The van der Waals surface area contributed by atoms with Crippen LogP contribution in [-0.4, -0.2) is 32.8 Å². The molecule has 0 aromatic heterocycles. The molecule has 1 atom stereocenters. The van der Waals surface area contributed by atoms with Crippen LogP contribution in [0.4, 0.5) is 0 Å². The van der Waals surface area contributed by atoms with Gasteiger partial charge in [-0.3, -0.25) is 14.5 Å². The molecule has 0 radical (unpaired) electrons. The molecule has 2 aromatic rings. The summed E-state index contributed by atoms with van der Waals surface area (Å²) in [7, 11) is 0. The molecule has 27 heavy (non-hydrogen) atoms. The van der Waals surface area contributed by atoms with Crippen LogP contribution in [0.5, 0.6) is 0 Å². The van der Waals surface area contributed by atoms with Gasteiger partial charge in [0.25, 0.3) is 0 Å². The van der Waals surface area contributed by atoms with Gasteiger partial charge in [-0.15, -0.1) is 5.10 Å². The van der Waals surface area contributed by atoms with Crippen molar-refractivity contribution >= 4 is 34.5 Å². The molecule has 0 saturated carbocycles. The minimum Gasteiger partial charge on any atom is -0.377 e. The van der Waals surface area contributed by atoms with E-state index in [1.54, 1.807) is 0 Å².